The minimum atomic E-state index is -3.71. The lowest BCUT2D eigenvalue weighted by Gasteiger charge is -2.10. The first-order valence-electron chi connectivity index (χ1n) is 9.44. The van der Waals surface area contributed by atoms with Crippen LogP contribution in [0.5, 0.6) is 0 Å². The molecule has 0 spiro atoms. The third-order valence-corrected chi connectivity index (χ3v) is 6.97. The smallest absolute Gasteiger partial charge is 0.308 e. The molecule has 0 aliphatic rings. The fourth-order valence-electron chi connectivity index (χ4n) is 3.06. The van der Waals surface area contributed by atoms with Gasteiger partial charge in [-0.15, -0.1) is 0 Å². The number of aromatic nitrogens is 1. The van der Waals surface area contributed by atoms with Gasteiger partial charge in [-0.1, -0.05) is 47.2 Å². The molecule has 0 aliphatic heterocycles. The molecule has 4 rings (SSSR count). The summed E-state index contributed by atoms with van der Waals surface area (Å²) in [5.74, 6) is 0. The van der Waals surface area contributed by atoms with E-state index in [9.17, 15) is 13.2 Å². The largest absolute Gasteiger partial charge is 0.323 e. The summed E-state index contributed by atoms with van der Waals surface area (Å²) in [5.41, 5.74) is 4.05. The molecule has 0 saturated carbocycles. The minimum absolute atomic E-state index is 0.166. The summed E-state index contributed by atoms with van der Waals surface area (Å²) >= 11 is 1.19. The third-order valence-electron chi connectivity index (χ3n) is 4.55. The van der Waals surface area contributed by atoms with Crippen molar-refractivity contribution in [3.63, 3.8) is 0 Å². The highest BCUT2D eigenvalue weighted by atomic mass is 32.2. The average Bonchev–Trinajstić information content (AvgIpc) is 3.11. The number of carbonyl (C=O) groups excluding carboxylic acids is 1. The summed E-state index contributed by atoms with van der Waals surface area (Å²) in [5, 5.41) is 5.89. The van der Waals surface area contributed by atoms with Crippen molar-refractivity contribution in [2.75, 3.05) is 15.4 Å². The highest BCUT2D eigenvalue weighted by Gasteiger charge is 2.16. The average molecular weight is 453 g/mol. The molecule has 1 heterocycles. The zero-order valence-electron chi connectivity index (χ0n) is 16.8. The maximum absolute atomic E-state index is 12.5. The first kappa shape index (κ1) is 20.8. The number of hydrogen-bond acceptors (Lipinski definition) is 5. The van der Waals surface area contributed by atoms with E-state index >= 15 is 0 Å². The Labute approximate surface area is 184 Å². The van der Waals surface area contributed by atoms with Crippen LogP contribution in [0.3, 0.4) is 0 Å². The summed E-state index contributed by atoms with van der Waals surface area (Å²) in [6.07, 6.45) is 0. The highest BCUT2D eigenvalue weighted by molar-refractivity contribution is 7.93. The lowest BCUT2D eigenvalue weighted by molar-refractivity contribution is 0.262. The van der Waals surface area contributed by atoms with E-state index in [1.165, 1.54) is 23.5 Å². The third kappa shape index (κ3) is 4.84. The van der Waals surface area contributed by atoms with Gasteiger partial charge in [-0.2, -0.15) is 0 Å². The van der Waals surface area contributed by atoms with Crippen LogP contribution in [-0.2, 0) is 10.0 Å². The van der Waals surface area contributed by atoms with Gasteiger partial charge in [-0.05, 0) is 55.8 Å². The minimum Gasteiger partial charge on any atom is -0.308 e. The zero-order chi connectivity index (χ0) is 22.0. The molecule has 4 aromatic rings. The maximum atomic E-state index is 12.5. The number of sulfonamides is 1. The number of anilines is 3. The molecule has 0 bridgehead atoms. The van der Waals surface area contributed by atoms with Crippen LogP contribution < -0.4 is 15.4 Å². The van der Waals surface area contributed by atoms with E-state index in [2.05, 4.69) is 20.3 Å². The normalized spacial score (nSPS) is 11.3. The quantitative estimate of drug-likeness (QED) is 0.380. The number of thiazole rings is 1. The van der Waals surface area contributed by atoms with E-state index in [1.807, 2.05) is 32.0 Å². The fourth-order valence-corrected chi connectivity index (χ4v) is 5.22. The number of nitrogens with zero attached hydrogens (tertiary/aromatic N) is 1. The van der Waals surface area contributed by atoms with E-state index < -0.39 is 10.0 Å². The highest BCUT2D eigenvalue weighted by Crippen LogP contribution is 2.30. The topological polar surface area (TPSA) is 100 Å². The van der Waals surface area contributed by atoms with Crippen molar-refractivity contribution in [3.05, 3.63) is 77.9 Å². The Morgan fingerprint density at radius 2 is 1.71 bits per heavy atom. The second-order valence-electron chi connectivity index (χ2n) is 7.02. The van der Waals surface area contributed by atoms with Gasteiger partial charge in [0, 0.05) is 11.4 Å². The number of nitrogens with one attached hydrogen (secondary N) is 3. The van der Waals surface area contributed by atoms with Crippen molar-refractivity contribution in [2.24, 2.45) is 0 Å². The molecule has 0 aliphatic carbocycles. The predicted molar refractivity (Wildman–Crippen MR) is 125 cm³/mol. The number of amides is 2. The Hall–Kier alpha value is -3.43. The van der Waals surface area contributed by atoms with Gasteiger partial charge >= 0.3 is 6.03 Å². The molecule has 1 aromatic heterocycles. The Morgan fingerprint density at radius 3 is 2.45 bits per heavy atom. The Morgan fingerprint density at radius 1 is 0.935 bits per heavy atom. The van der Waals surface area contributed by atoms with Crippen LogP contribution in [0.25, 0.3) is 10.2 Å². The first-order chi connectivity index (χ1) is 14.8. The number of benzene rings is 3. The Bertz CT molecular complexity index is 1370. The summed E-state index contributed by atoms with van der Waals surface area (Å²) < 4.78 is 28.3. The van der Waals surface area contributed by atoms with Gasteiger partial charge in [0.25, 0.3) is 10.0 Å². The van der Waals surface area contributed by atoms with Crippen LogP contribution in [-0.4, -0.2) is 19.4 Å². The maximum Gasteiger partial charge on any atom is 0.323 e. The number of carbonyl (C=O) groups is 1. The molecule has 0 radical (unpaired) electrons. The zero-order valence-corrected chi connectivity index (χ0v) is 18.5. The number of urea groups is 1. The molecule has 2 amide bonds. The molecule has 0 atom stereocenters. The number of fused-ring (bicyclic) bond motifs is 1. The Kier molecular flexibility index (Phi) is 5.62. The number of hydrogen-bond donors (Lipinski definition) is 3. The summed E-state index contributed by atoms with van der Waals surface area (Å²) in [4.78, 5) is 16.9. The van der Waals surface area contributed by atoms with Crippen molar-refractivity contribution in [1.29, 1.82) is 0 Å². The van der Waals surface area contributed by atoms with Gasteiger partial charge in [0.2, 0.25) is 0 Å². The van der Waals surface area contributed by atoms with Crippen LogP contribution in [0.1, 0.15) is 11.1 Å². The van der Waals surface area contributed by atoms with Gasteiger partial charge in [0.1, 0.15) is 0 Å². The molecule has 0 fully saturated rings. The molecule has 3 aromatic carbocycles. The molecular weight excluding hydrogens is 432 g/mol. The number of aryl methyl sites for hydroxylation is 2. The molecule has 0 unspecified atom stereocenters. The van der Waals surface area contributed by atoms with Crippen LogP contribution in [0.2, 0.25) is 0 Å². The summed E-state index contributed by atoms with van der Waals surface area (Å²) in [6, 6.07) is 18.8. The molecule has 0 saturated heterocycles. The van der Waals surface area contributed by atoms with Gasteiger partial charge < -0.3 is 10.6 Å². The van der Waals surface area contributed by atoms with Gasteiger partial charge in [-0.3, -0.25) is 4.72 Å². The molecule has 31 heavy (non-hydrogen) atoms. The van der Waals surface area contributed by atoms with Gasteiger partial charge in [0.05, 0.1) is 15.1 Å². The van der Waals surface area contributed by atoms with Crippen molar-refractivity contribution in [2.45, 2.75) is 18.7 Å². The van der Waals surface area contributed by atoms with Crippen molar-refractivity contribution in [1.82, 2.24) is 4.98 Å². The van der Waals surface area contributed by atoms with E-state index in [4.69, 9.17) is 0 Å². The standard InChI is InChI=1S/C22H20N4O3S2/c1-14-8-10-18(15(2)12-14)24-21(27)23-16-9-11-19-20(13-16)30-22(25-19)26-31(28,29)17-6-4-3-5-7-17/h3-13H,1-2H3,(H,25,26)(H2,23,24,27). The fraction of sp³-hybridized carbons (Fsp3) is 0.0909. The van der Waals surface area contributed by atoms with Crippen LogP contribution in [0, 0.1) is 13.8 Å². The van der Waals surface area contributed by atoms with Crippen molar-refractivity contribution < 1.29 is 13.2 Å². The van der Waals surface area contributed by atoms with E-state index in [0.29, 0.717) is 11.2 Å². The number of rotatable bonds is 5. The van der Waals surface area contributed by atoms with Crippen LogP contribution >= 0.6 is 11.3 Å². The monoisotopic (exact) mass is 452 g/mol. The van der Waals surface area contributed by atoms with Crippen molar-refractivity contribution >= 4 is 54.1 Å². The molecule has 158 valence electrons. The summed E-state index contributed by atoms with van der Waals surface area (Å²) in [7, 11) is -3.71. The van der Waals surface area contributed by atoms with E-state index in [0.717, 1.165) is 21.5 Å². The molecule has 9 heteroatoms. The predicted octanol–water partition coefficient (Wildman–Crippen LogP) is 5.36. The second-order valence-corrected chi connectivity index (χ2v) is 9.73. The lowest BCUT2D eigenvalue weighted by Crippen LogP contribution is -2.19. The van der Waals surface area contributed by atoms with Crippen LogP contribution in [0.4, 0.5) is 21.3 Å². The molecule has 3 N–H and O–H groups in total. The van der Waals surface area contributed by atoms with Gasteiger partial charge in [0.15, 0.2) is 5.13 Å². The first-order valence-corrected chi connectivity index (χ1v) is 11.7. The van der Waals surface area contributed by atoms with Crippen molar-refractivity contribution in [3.8, 4) is 0 Å². The van der Waals surface area contributed by atoms with E-state index in [-0.39, 0.29) is 16.1 Å². The van der Waals surface area contributed by atoms with E-state index in [1.54, 1.807) is 36.4 Å². The Balaban J connectivity index is 1.49. The van der Waals surface area contributed by atoms with Crippen LogP contribution in [0.15, 0.2) is 71.6 Å². The molecule has 7 nitrogen and oxygen atoms in total. The lowest BCUT2D eigenvalue weighted by atomic mass is 10.1. The molecular formula is C22H20N4O3S2. The summed E-state index contributed by atoms with van der Waals surface area (Å²) in [6.45, 7) is 3.93. The SMILES string of the molecule is Cc1ccc(NC(=O)Nc2ccc3nc(NS(=O)(=O)c4ccccc4)sc3c2)c(C)c1. The van der Waals surface area contributed by atoms with Gasteiger partial charge in [-0.25, -0.2) is 18.2 Å². The second kappa shape index (κ2) is 8.37.